The summed E-state index contributed by atoms with van der Waals surface area (Å²) in [7, 11) is 0. The predicted octanol–water partition coefficient (Wildman–Crippen LogP) is 5.46. The van der Waals surface area contributed by atoms with E-state index in [1.807, 2.05) is 0 Å². The predicted molar refractivity (Wildman–Crippen MR) is 96.6 cm³/mol. The van der Waals surface area contributed by atoms with Crippen molar-refractivity contribution >= 4 is 17.1 Å². The van der Waals surface area contributed by atoms with Crippen LogP contribution in [-0.4, -0.2) is 27.8 Å². The number of ether oxygens (including phenoxy) is 1. The van der Waals surface area contributed by atoms with Gasteiger partial charge in [0.1, 0.15) is 21.9 Å². The van der Waals surface area contributed by atoms with Crippen LogP contribution in [0, 0.1) is 0 Å². The van der Waals surface area contributed by atoms with Gasteiger partial charge in [-0.15, -0.1) is 0 Å². The van der Waals surface area contributed by atoms with Gasteiger partial charge in [-0.1, -0.05) is 30.6 Å². The van der Waals surface area contributed by atoms with Crippen molar-refractivity contribution in [3.8, 4) is 5.75 Å². The summed E-state index contributed by atoms with van der Waals surface area (Å²) in [5.41, 5.74) is -1.25. The van der Waals surface area contributed by atoms with E-state index < -0.39 is 28.0 Å². The van der Waals surface area contributed by atoms with Gasteiger partial charge in [0.15, 0.2) is 0 Å². The monoisotopic (exact) mass is 377 g/mol. The van der Waals surface area contributed by atoms with Gasteiger partial charge in [-0.25, -0.2) is 0 Å². The van der Waals surface area contributed by atoms with Gasteiger partial charge in [0.05, 0.1) is 6.61 Å². The molecule has 0 aliphatic heterocycles. The molecule has 0 aliphatic carbocycles. The summed E-state index contributed by atoms with van der Waals surface area (Å²) in [6.45, 7) is 7.39. The number of hydrogen-bond donors (Lipinski definition) is 0. The highest BCUT2D eigenvalue weighted by Gasteiger charge is 2.41. The van der Waals surface area contributed by atoms with Crippen LogP contribution in [0.5, 0.6) is 5.75 Å². The molecule has 0 N–H and O–H groups in total. The first kappa shape index (κ1) is 21.8. The number of halogens is 3. The van der Waals surface area contributed by atoms with Crippen molar-refractivity contribution in [3.05, 3.63) is 29.8 Å². The van der Waals surface area contributed by atoms with Crippen molar-refractivity contribution in [1.82, 2.24) is 0 Å². The molecule has 0 radical (unpaired) electrons. The molecule has 0 heterocycles. The molecule has 0 spiro atoms. The lowest BCUT2D eigenvalue weighted by atomic mass is 10.1. The Bertz CT molecular complexity index is 551. The smallest absolute Gasteiger partial charge is 0.438 e. The molecule has 0 amide bonds. The number of alkyl halides is 3. The number of nitrogens with zero attached hydrogens (tertiary/aromatic N) is 1. The summed E-state index contributed by atoms with van der Waals surface area (Å²) in [6, 6.07) is 5.56. The maximum atomic E-state index is 13.3. The Hall–Kier alpha value is -1.21. The van der Waals surface area contributed by atoms with Crippen LogP contribution >= 0.6 is 0 Å². The number of benzene rings is 1. The molecule has 0 aromatic heterocycles. The van der Waals surface area contributed by atoms with Crippen molar-refractivity contribution in [2.75, 3.05) is 6.61 Å². The largest absolute Gasteiger partial charge is 0.591 e. The van der Waals surface area contributed by atoms with E-state index >= 15 is 0 Å². The molecule has 1 rings (SSSR count). The Balaban J connectivity index is 2.86. The van der Waals surface area contributed by atoms with Gasteiger partial charge in [0.2, 0.25) is 5.71 Å². The fourth-order valence-electron chi connectivity index (χ4n) is 1.92. The highest BCUT2D eigenvalue weighted by molar-refractivity contribution is 7.91. The van der Waals surface area contributed by atoms with Crippen LogP contribution in [0.3, 0.4) is 0 Å². The Kier molecular flexibility index (Phi) is 8.28. The zero-order valence-electron chi connectivity index (χ0n) is 15.2. The second-order valence-electron chi connectivity index (χ2n) is 6.73. The Morgan fingerprint density at radius 2 is 1.68 bits per heavy atom. The van der Waals surface area contributed by atoms with Crippen LogP contribution in [0.4, 0.5) is 13.2 Å². The first-order valence-electron chi connectivity index (χ1n) is 8.37. The van der Waals surface area contributed by atoms with E-state index in [0.29, 0.717) is 12.4 Å². The highest BCUT2D eigenvalue weighted by Crippen LogP contribution is 2.27. The van der Waals surface area contributed by atoms with Crippen LogP contribution in [-0.2, 0) is 11.4 Å². The summed E-state index contributed by atoms with van der Waals surface area (Å²) in [4.78, 5) is 0. The fraction of sp³-hybridized carbons (Fsp3) is 0.611. The van der Waals surface area contributed by atoms with Gasteiger partial charge in [-0.3, -0.25) is 0 Å². The third kappa shape index (κ3) is 7.69. The van der Waals surface area contributed by atoms with Gasteiger partial charge in [-0.05, 0) is 51.5 Å². The molecular weight excluding hydrogens is 351 g/mol. The van der Waals surface area contributed by atoms with E-state index in [9.17, 15) is 17.7 Å². The molecule has 25 heavy (non-hydrogen) atoms. The lowest BCUT2D eigenvalue weighted by Gasteiger charge is -2.20. The Labute approximate surface area is 151 Å². The van der Waals surface area contributed by atoms with Gasteiger partial charge in [0.25, 0.3) is 0 Å². The lowest BCUT2D eigenvalue weighted by molar-refractivity contribution is -0.0578. The van der Waals surface area contributed by atoms with E-state index in [4.69, 9.17) is 4.74 Å². The first-order valence-corrected chi connectivity index (χ1v) is 9.47. The average Bonchev–Trinajstić information content (AvgIpc) is 2.51. The second kappa shape index (κ2) is 9.48. The quantitative estimate of drug-likeness (QED) is 0.343. The number of hydrogen-bond acceptors (Lipinski definition) is 3. The summed E-state index contributed by atoms with van der Waals surface area (Å²) in [5.74, 6) is 0.513. The molecular formula is C18H26F3NO2S. The van der Waals surface area contributed by atoms with Gasteiger partial charge >= 0.3 is 6.18 Å². The fourth-order valence-corrected chi connectivity index (χ4v) is 2.56. The summed E-state index contributed by atoms with van der Waals surface area (Å²) >= 11 is -1.99. The maximum absolute atomic E-state index is 13.3. The molecule has 1 aromatic rings. The normalized spacial score (nSPS) is 14.5. The third-order valence-electron chi connectivity index (χ3n) is 3.36. The van der Waals surface area contributed by atoms with Crippen LogP contribution in [0.1, 0.15) is 58.9 Å². The Morgan fingerprint density at radius 1 is 1.08 bits per heavy atom. The molecule has 1 atom stereocenters. The third-order valence-corrected chi connectivity index (χ3v) is 4.76. The minimum absolute atomic E-state index is 0.122. The van der Waals surface area contributed by atoms with Crippen LogP contribution in [0.2, 0.25) is 0 Å². The standard InChI is InChI=1S/C18H26F3NO2S/c1-5-6-7-8-13-24-15-11-9-14(10-12-15)16(18(19,20)21)22-25(23)17(2,3)4/h9-12H,5-8,13H2,1-4H3. The number of unbranched alkanes of at least 4 members (excludes halogenated alkanes) is 3. The van der Waals surface area contributed by atoms with Crippen molar-refractivity contribution in [1.29, 1.82) is 0 Å². The first-order chi connectivity index (χ1) is 11.6. The number of rotatable bonds is 8. The molecule has 7 heteroatoms. The van der Waals surface area contributed by atoms with E-state index in [0.717, 1.165) is 25.7 Å². The zero-order chi connectivity index (χ0) is 19.1. The molecule has 0 bridgehead atoms. The molecule has 142 valence electrons. The van der Waals surface area contributed by atoms with E-state index in [-0.39, 0.29) is 5.56 Å². The van der Waals surface area contributed by atoms with Crippen molar-refractivity contribution in [2.45, 2.75) is 64.3 Å². The molecule has 0 saturated carbocycles. The minimum Gasteiger partial charge on any atom is -0.591 e. The van der Waals surface area contributed by atoms with Crippen molar-refractivity contribution in [2.24, 2.45) is 4.40 Å². The van der Waals surface area contributed by atoms with Gasteiger partial charge in [-0.2, -0.15) is 13.2 Å². The molecule has 3 nitrogen and oxygen atoms in total. The molecule has 0 fully saturated rings. The average molecular weight is 377 g/mol. The van der Waals surface area contributed by atoms with Crippen molar-refractivity contribution < 1.29 is 22.5 Å². The molecule has 1 unspecified atom stereocenters. The molecule has 0 saturated heterocycles. The zero-order valence-corrected chi connectivity index (χ0v) is 16.0. The highest BCUT2D eigenvalue weighted by atomic mass is 32.2. The summed E-state index contributed by atoms with van der Waals surface area (Å²) in [5, 5.41) is 0. The lowest BCUT2D eigenvalue weighted by Crippen LogP contribution is -2.31. The molecule has 1 aromatic carbocycles. The summed E-state index contributed by atoms with van der Waals surface area (Å²) in [6.07, 6.45) is -0.431. The van der Waals surface area contributed by atoms with Gasteiger partial charge in [0, 0.05) is 5.56 Å². The molecule has 0 aliphatic rings. The van der Waals surface area contributed by atoms with Crippen molar-refractivity contribution in [3.63, 3.8) is 0 Å². The maximum Gasteiger partial charge on any atom is 0.438 e. The van der Waals surface area contributed by atoms with E-state index in [1.54, 1.807) is 20.8 Å². The van der Waals surface area contributed by atoms with Crippen LogP contribution in [0.15, 0.2) is 28.7 Å². The van der Waals surface area contributed by atoms with E-state index in [2.05, 4.69) is 11.3 Å². The van der Waals surface area contributed by atoms with Gasteiger partial charge < -0.3 is 9.29 Å². The summed E-state index contributed by atoms with van der Waals surface area (Å²) < 4.78 is 59.9. The second-order valence-corrected chi connectivity index (χ2v) is 8.64. The topological polar surface area (TPSA) is 44.6 Å². The van der Waals surface area contributed by atoms with E-state index in [1.165, 1.54) is 24.3 Å². The SMILES string of the molecule is CCCCCCOc1ccc(C(=N[S+]([O-])C(C)(C)C)C(F)(F)F)cc1. The van der Waals surface area contributed by atoms with Crippen LogP contribution in [0.25, 0.3) is 0 Å². The van der Waals surface area contributed by atoms with Crippen LogP contribution < -0.4 is 4.74 Å². The minimum atomic E-state index is -4.68. The Morgan fingerprint density at radius 3 is 2.16 bits per heavy atom.